The van der Waals surface area contributed by atoms with Gasteiger partial charge in [0.15, 0.2) is 5.82 Å². The summed E-state index contributed by atoms with van der Waals surface area (Å²) >= 11 is 0. The minimum atomic E-state index is -1.25. The number of hydrogen-bond donors (Lipinski definition) is 3. The van der Waals surface area contributed by atoms with E-state index in [1.807, 2.05) is 5.32 Å². The summed E-state index contributed by atoms with van der Waals surface area (Å²) in [5.41, 5.74) is -0.513. The lowest BCUT2D eigenvalue weighted by atomic mass is 10.2. The van der Waals surface area contributed by atoms with Crippen LogP contribution in [0.15, 0.2) is 6.07 Å². The van der Waals surface area contributed by atoms with Crippen LogP contribution < -0.4 is 5.32 Å². The highest BCUT2D eigenvalue weighted by Crippen LogP contribution is 2.12. The molecule has 0 aliphatic carbocycles. The summed E-state index contributed by atoms with van der Waals surface area (Å²) in [4.78, 5) is 21.8. The van der Waals surface area contributed by atoms with Gasteiger partial charge in [-0.25, -0.2) is 9.59 Å². The van der Waals surface area contributed by atoms with Gasteiger partial charge < -0.3 is 9.84 Å². The van der Waals surface area contributed by atoms with Gasteiger partial charge in [0.2, 0.25) is 0 Å². The first-order valence-corrected chi connectivity index (χ1v) is 4.56. The van der Waals surface area contributed by atoms with Crippen LogP contribution in [0.2, 0.25) is 0 Å². The number of nitrogens with zero attached hydrogens (tertiary/aromatic N) is 1. The normalized spacial score (nSPS) is 10.9. The van der Waals surface area contributed by atoms with Gasteiger partial charge >= 0.3 is 12.1 Å². The first-order valence-electron chi connectivity index (χ1n) is 4.56. The predicted molar refractivity (Wildman–Crippen MR) is 55.4 cm³/mol. The van der Waals surface area contributed by atoms with Crippen LogP contribution in [0.3, 0.4) is 0 Å². The molecule has 7 nitrogen and oxygen atoms in total. The van der Waals surface area contributed by atoms with Crippen molar-refractivity contribution in [1.29, 1.82) is 0 Å². The Labute approximate surface area is 91.8 Å². The van der Waals surface area contributed by atoms with Crippen molar-refractivity contribution in [2.24, 2.45) is 0 Å². The van der Waals surface area contributed by atoms with Crippen LogP contribution in [0.1, 0.15) is 31.3 Å². The SMILES string of the molecule is CC(C)(C)OC(=O)c1cc(NC(=O)O)n[nH]1. The molecule has 0 saturated heterocycles. The number of carbonyl (C=O) groups is 2. The van der Waals surface area contributed by atoms with Gasteiger partial charge in [-0.05, 0) is 20.8 Å². The lowest BCUT2D eigenvalue weighted by molar-refractivity contribution is 0.00627. The van der Waals surface area contributed by atoms with Crippen molar-refractivity contribution in [3.05, 3.63) is 11.8 Å². The van der Waals surface area contributed by atoms with Gasteiger partial charge in [0, 0.05) is 6.07 Å². The molecule has 0 bridgehead atoms. The maximum absolute atomic E-state index is 11.5. The van der Waals surface area contributed by atoms with Crippen LogP contribution in [-0.2, 0) is 4.74 Å². The number of aromatic nitrogens is 2. The number of amides is 1. The predicted octanol–water partition coefficient (Wildman–Crippen LogP) is 1.45. The van der Waals surface area contributed by atoms with Gasteiger partial charge in [0.1, 0.15) is 11.3 Å². The molecular formula is C9H13N3O4. The minimum Gasteiger partial charge on any atom is -0.465 e. The molecule has 0 aliphatic rings. The topological polar surface area (TPSA) is 104 Å². The molecule has 1 heterocycles. The van der Waals surface area contributed by atoms with E-state index >= 15 is 0 Å². The number of ether oxygens (including phenoxy) is 1. The third-order valence-electron chi connectivity index (χ3n) is 1.43. The second-order valence-electron chi connectivity index (χ2n) is 4.10. The number of carboxylic acid groups (broad SMARTS) is 1. The number of nitrogens with one attached hydrogen (secondary N) is 2. The Bertz CT molecular complexity index is 405. The highest BCUT2D eigenvalue weighted by atomic mass is 16.6. The highest BCUT2D eigenvalue weighted by molar-refractivity contribution is 5.90. The van der Waals surface area contributed by atoms with Crippen LogP contribution in [0.5, 0.6) is 0 Å². The average Bonchev–Trinajstić information content (AvgIpc) is 2.48. The van der Waals surface area contributed by atoms with E-state index in [2.05, 4.69) is 10.2 Å². The summed E-state index contributed by atoms with van der Waals surface area (Å²) in [6.45, 7) is 5.20. The Morgan fingerprint density at radius 2 is 2.12 bits per heavy atom. The van der Waals surface area contributed by atoms with Crippen molar-refractivity contribution in [3.63, 3.8) is 0 Å². The zero-order valence-electron chi connectivity index (χ0n) is 9.20. The van der Waals surface area contributed by atoms with Gasteiger partial charge in [0.25, 0.3) is 0 Å². The smallest absolute Gasteiger partial charge is 0.410 e. The van der Waals surface area contributed by atoms with E-state index in [9.17, 15) is 9.59 Å². The summed E-state index contributed by atoms with van der Waals surface area (Å²) in [6.07, 6.45) is -1.25. The fourth-order valence-electron chi connectivity index (χ4n) is 0.933. The molecule has 1 aromatic heterocycles. The first kappa shape index (κ1) is 12.0. The third kappa shape index (κ3) is 3.60. The molecular weight excluding hydrogens is 214 g/mol. The quantitative estimate of drug-likeness (QED) is 0.663. The van der Waals surface area contributed by atoms with Crippen molar-refractivity contribution >= 4 is 17.9 Å². The lowest BCUT2D eigenvalue weighted by Gasteiger charge is -2.18. The summed E-state index contributed by atoms with van der Waals surface area (Å²) in [5, 5.41) is 16.4. The number of carbonyl (C=O) groups excluding carboxylic acids is 1. The maximum Gasteiger partial charge on any atom is 0.410 e. The number of H-pyrrole nitrogens is 1. The summed E-state index contributed by atoms with van der Waals surface area (Å²) in [7, 11) is 0. The van der Waals surface area contributed by atoms with E-state index in [-0.39, 0.29) is 11.5 Å². The number of aromatic amines is 1. The second kappa shape index (κ2) is 4.21. The van der Waals surface area contributed by atoms with Gasteiger partial charge in [-0.3, -0.25) is 10.4 Å². The third-order valence-corrected chi connectivity index (χ3v) is 1.43. The van der Waals surface area contributed by atoms with Crippen LogP contribution in [0.4, 0.5) is 10.6 Å². The Kier molecular flexibility index (Phi) is 3.17. The van der Waals surface area contributed by atoms with Gasteiger partial charge in [-0.2, -0.15) is 5.10 Å². The molecule has 7 heteroatoms. The van der Waals surface area contributed by atoms with E-state index in [0.717, 1.165) is 0 Å². The van der Waals surface area contributed by atoms with E-state index < -0.39 is 17.7 Å². The molecule has 0 aliphatic heterocycles. The van der Waals surface area contributed by atoms with Crippen LogP contribution >= 0.6 is 0 Å². The van der Waals surface area contributed by atoms with E-state index in [1.165, 1.54) is 6.07 Å². The van der Waals surface area contributed by atoms with Crippen LogP contribution in [0, 0.1) is 0 Å². The number of hydrogen-bond acceptors (Lipinski definition) is 4. The number of anilines is 1. The average molecular weight is 227 g/mol. The Morgan fingerprint density at radius 3 is 2.62 bits per heavy atom. The molecule has 88 valence electrons. The van der Waals surface area contributed by atoms with Crippen LogP contribution in [-0.4, -0.2) is 33.0 Å². The van der Waals surface area contributed by atoms with Crippen molar-refractivity contribution < 1.29 is 19.4 Å². The fraction of sp³-hybridized carbons (Fsp3) is 0.444. The molecule has 16 heavy (non-hydrogen) atoms. The molecule has 1 aromatic rings. The Balaban J connectivity index is 2.71. The second-order valence-corrected chi connectivity index (χ2v) is 4.10. The highest BCUT2D eigenvalue weighted by Gasteiger charge is 2.19. The minimum absolute atomic E-state index is 0.0494. The standard InChI is InChI=1S/C9H13N3O4/c1-9(2,3)16-7(13)5-4-6(12-11-5)10-8(14)15/h4H,1-3H3,(H,14,15)(H2,10,11,12). The molecule has 0 spiro atoms. The largest absolute Gasteiger partial charge is 0.465 e. The summed E-state index contributed by atoms with van der Waals surface area (Å²) in [5.74, 6) is -0.535. The molecule has 0 saturated carbocycles. The van der Waals surface area contributed by atoms with Crippen molar-refractivity contribution in [3.8, 4) is 0 Å². The van der Waals surface area contributed by atoms with Crippen molar-refractivity contribution in [1.82, 2.24) is 10.2 Å². The van der Waals surface area contributed by atoms with Gasteiger partial charge in [-0.15, -0.1) is 0 Å². The summed E-state index contributed by atoms with van der Waals surface area (Å²) in [6, 6.07) is 1.27. The molecule has 0 atom stereocenters. The lowest BCUT2D eigenvalue weighted by Crippen LogP contribution is -2.24. The molecule has 0 fully saturated rings. The van der Waals surface area contributed by atoms with Crippen LogP contribution in [0.25, 0.3) is 0 Å². The molecule has 1 amide bonds. The summed E-state index contributed by atoms with van der Waals surface area (Å²) < 4.78 is 5.06. The van der Waals surface area contributed by atoms with Gasteiger partial charge in [0.05, 0.1) is 0 Å². The van der Waals surface area contributed by atoms with Gasteiger partial charge in [-0.1, -0.05) is 0 Å². The fourth-order valence-corrected chi connectivity index (χ4v) is 0.933. The Hall–Kier alpha value is -2.05. The van der Waals surface area contributed by atoms with Crippen molar-refractivity contribution in [2.45, 2.75) is 26.4 Å². The molecule has 3 N–H and O–H groups in total. The number of esters is 1. The molecule has 0 unspecified atom stereocenters. The Morgan fingerprint density at radius 1 is 1.50 bits per heavy atom. The molecule has 0 aromatic carbocycles. The molecule has 1 rings (SSSR count). The van der Waals surface area contributed by atoms with Crippen molar-refractivity contribution in [2.75, 3.05) is 5.32 Å². The monoisotopic (exact) mass is 227 g/mol. The molecule has 0 radical (unpaired) electrons. The zero-order chi connectivity index (χ0) is 12.3. The zero-order valence-corrected chi connectivity index (χ0v) is 9.20. The van der Waals surface area contributed by atoms with E-state index in [1.54, 1.807) is 20.8 Å². The first-order chi connectivity index (χ1) is 7.28. The van der Waals surface area contributed by atoms with E-state index in [4.69, 9.17) is 9.84 Å². The van der Waals surface area contributed by atoms with E-state index in [0.29, 0.717) is 0 Å². The number of rotatable bonds is 2. The maximum atomic E-state index is 11.5.